The van der Waals surface area contributed by atoms with Crippen LogP contribution >= 0.6 is 35.3 Å². The molecule has 1 fully saturated rings. The van der Waals surface area contributed by atoms with Gasteiger partial charge in [-0.15, -0.1) is 35.3 Å². The summed E-state index contributed by atoms with van der Waals surface area (Å²) >= 11 is 1.69. The van der Waals surface area contributed by atoms with Gasteiger partial charge >= 0.3 is 0 Å². The van der Waals surface area contributed by atoms with Gasteiger partial charge in [0.25, 0.3) is 0 Å². The number of aromatic nitrogens is 1. The van der Waals surface area contributed by atoms with Crippen molar-refractivity contribution < 1.29 is 4.74 Å². The van der Waals surface area contributed by atoms with Crippen molar-refractivity contribution >= 4 is 41.3 Å². The summed E-state index contributed by atoms with van der Waals surface area (Å²) in [7, 11) is 3.89. The predicted octanol–water partition coefficient (Wildman–Crippen LogP) is 4.06. The Morgan fingerprint density at radius 3 is 2.76 bits per heavy atom. The molecule has 0 spiro atoms. The Morgan fingerprint density at radius 1 is 1.48 bits per heavy atom. The number of thiazole rings is 1. The van der Waals surface area contributed by atoms with Gasteiger partial charge in [-0.3, -0.25) is 4.99 Å². The predicted molar refractivity (Wildman–Crippen MR) is 117 cm³/mol. The molecule has 144 valence electrons. The van der Waals surface area contributed by atoms with E-state index in [9.17, 15) is 0 Å². The largest absolute Gasteiger partial charge is 0.378 e. The number of ether oxygens (including phenoxy) is 1. The average Bonchev–Trinajstić information content (AvgIpc) is 3.22. The molecule has 1 aromatic heterocycles. The number of halogens is 1. The lowest BCUT2D eigenvalue weighted by molar-refractivity contribution is 0.0169. The smallest absolute Gasteiger partial charge is 0.193 e. The molecular weight excluding hydrogens is 447 g/mol. The van der Waals surface area contributed by atoms with Gasteiger partial charge in [0.1, 0.15) is 0 Å². The van der Waals surface area contributed by atoms with Crippen LogP contribution in [0.1, 0.15) is 49.7 Å². The van der Waals surface area contributed by atoms with Crippen molar-refractivity contribution in [1.29, 1.82) is 0 Å². The van der Waals surface area contributed by atoms with Crippen LogP contribution < -0.4 is 5.32 Å². The van der Waals surface area contributed by atoms with Crippen LogP contribution in [0, 0.1) is 12.8 Å². The number of guanidine groups is 1. The molecule has 1 aliphatic rings. The lowest BCUT2D eigenvalue weighted by Gasteiger charge is -2.25. The van der Waals surface area contributed by atoms with E-state index in [2.05, 4.69) is 39.5 Å². The van der Waals surface area contributed by atoms with Gasteiger partial charge in [-0.2, -0.15) is 0 Å². The van der Waals surface area contributed by atoms with Crippen molar-refractivity contribution in [3.63, 3.8) is 0 Å². The third-order valence-corrected chi connectivity index (χ3v) is 5.48. The second-order valence-corrected chi connectivity index (χ2v) is 7.58. The third-order valence-electron chi connectivity index (χ3n) is 4.66. The zero-order valence-electron chi connectivity index (χ0n) is 16.0. The van der Waals surface area contributed by atoms with Crippen molar-refractivity contribution in [1.82, 2.24) is 15.2 Å². The highest BCUT2D eigenvalue weighted by Gasteiger charge is 2.25. The van der Waals surface area contributed by atoms with E-state index in [4.69, 9.17) is 4.74 Å². The highest BCUT2D eigenvalue weighted by Crippen LogP contribution is 2.30. The maximum Gasteiger partial charge on any atom is 0.193 e. The van der Waals surface area contributed by atoms with Crippen LogP contribution in [0.5, 0.6) is 0 Å². The fraction of sp³-hybridized carbons (Fsp3) is 0.778. The normalized spacial score (nSPS) is 16.6. The average molecular weight is 480 g/mol. The first kappa shape index (κ1) is 22.6. The molecule has 1 aliphatic carbocycles. The maximum absolute atomic E-state index is 6.00. The minimum absolute atomic E-state index is 0. The van der Waals surface area contributed by atoms with Crippen LogP contribution in [0.15, 0.2) is 10.4 Å². The molecule has 1 N–H and O–H groups in total. The van der Waals surface area contributed by atoms with Crippen molar-refractivity contribution in [2.24, 2.45) is 10.9 Å². The molecule has 5 nitrogen and oxygen atoms in total. The van der Waals surface area contributed by atoms with E-state index >= 15 is 0 Å². The van der Waals surface area contributed by atoms with Crippen molar-refractivity contribution in [2.75, 3.05) is 27.2 Å². The first-order valence-electron chi connectivity index (χ1n) is 9.08. The monoisotopic (exact) mass is 480 g/mol. The molecule has 0 aromatic carbocycles. The van der Waals surface area contributed by atoms with Gasteiger partial charge in [0.05, 0.1) is 23.4 Å². The molecule has 0 saturated heterocycles. The van der Waals surface area contributed by atoms with E-state index in [-0.39, 0.29) is 24.0 Å². The molecule has 1 saturated carbocycles. The summed E-state index contributed by atoms with van der Waals surface area (Å²) in [6.07, 6.45) is 6.79. The van der Waals surface area contributed by atoms with Gasteiger partial charge in [-0.05, 0) is 39.0 Å². The van der Waals surface area contributed by atoms with Gasteiger partial charge in [-0.1, -0.05) is 12.8 Å². The van der Waals surface area contributed by atoms with E-state index in [1.54, 1.807) is 11.3 Å². The standard InChI is InChI=1S/C18H32N4OS.HI/c1-5-23-17(15-8-6-7-9-15)10-11-20-18(19-3)22(4)12-16-13-24-14(2)21-16;/h13,15,17H,5-12H2,1-4H3,(H,19,20);1H. The zero-order chi connectivity index (χ0) is 17.4. The number of nitrogens with one attached hydrogen (secondary N) is 1. The molecule has 25 heavy (non-hydrogen) atoms. The molecule has 1 unspecified atom stereocenters. The van der Waals surface area contributed by atoms with E-state index in [1.165, 1.54) is 25.7 Å². The second kappa shape index (κ2) is 12.1. The highest BCUT2D eigenvalue weighted by molar-refractivity contribution is 14.0. The summed E-state index contributed by atoms with van der Waals surface area (Å²) < 4.78 is 6.00. The van der Waals surface area contributed by atoms with Crippen LogP contribution in [-0.4, -0.2) is 49.2 Å². The SMILES string of the molecule is CCOC(CCNC(=NC)N(C)Cc1csc(C)n1)C1CCCC1.I. The van der Waals surface area contributed by atoms with Crippen LogP contribution in [0.2, 0.25) is 0 Å². The minimum atomic E-state index is 0. The molecule has 1 heterocycles. The van der Waals surface area contributed by atoms with Gasteiger partial charge in [0, 0.05) is 32.6 Å². The van der Waals surface area contributed by atoms with Crippen LogP contribution in [0.4, 0.5) is 0 Å². The highest BCUT2D eigenvalue weighted by atomic mass is 127. The minimum Gasteiger partial charge on any atom is -0.378 e. The zero-order valence-corrected chi connectivity index (χ0v) is 19.1. The summed E-state index contributed by atoms with van der Waals surface area (Å²) in [5.41, 5.74) is 1.10. The number of nitrogens with zero attached hydrogens (tertiary/aromatic N) is 3. The summed E-state index contributed by atoms with van der Waals surface area (Å²) in [6, 6.07) is 0. The number of rotatable bonds is 8. The van der Waals surface area contributed by atoms with Gasteiger partial charge < -0.3 is 15.0 Å². The molecule has 1 aromatic rings. The Bertz CT molecular complexity index is 517. The molecule has 0 aliphatic heterocycles. The lowest BCUT2D eigenvalue weighted by Crippen LogP contribution is -2.40. The van der Waals surface area contributed by atoms with E-state index in [0.29, 0.717) is 6.10 Å². The molecular formula is C18H33IN4OS. The topological polar surface area (TPSA) is 49.8 Å². The Labute approximate surface area is 173 Å². The summed E-state index contributed by atoms with van der Waals surface area (Å²) in [5, 5.41) is 6.70. The number of aliphatic imine (C=N–C) groups is 1. The Kier molecular flexibility index (Phi) is 10.9. The molecule has 1 atom stereocenters. The Morgan fingerprint density at radius 2 is 2.20 bits per heavy atom. The number of hydrogen-bond acceptors (Lipinski definition) is 4. The quantitative estimate of drug-likeness (QED) is 0.347. The number of hydrogen-bond donors (Lipinski definition) is 1. The van der Waals surface area contributed by atoms with Crippen molar-refractivity contribution in [2.45, 2.75) is 58.6 Å². The second-order valence-electron chi connectivity index (χ2n) is 6.51. The molecule has 0 amide bonds. The summed E-state index contributed by atoms with van der Waals surface area (Å²) in [5.74, 6) is 1.66. The van der Waals surface area contributed by atoms with Crippen LogP contribution in [0.25, 0.3) is 0 Å². The van der Waals surface area contributed by atoms with Crippen LogP contribution in [0.3, 0.4) is 0 Å². The number of aryl methyl sites for hydroxylation is 1. The van der Waals surface area contributed by atoms with E-state index in [1.807, 2.05) is 14.0 Å². The first-order valence-corrected chi connectivity index (χ1v) is 9.96. The maximum atomic E-state index is 6.00. The molecule has 0 radical (unpaired) electrons. The van der Waals surface area contributed by atoms with Crippen LogP contribution in [-0.2, 0) is 11.3 Å². The Balaban J connectivity index is 0.00000312. The van der Waals surface area contributed by atoms with Crippen molar-refractivity contribution in [3.05, 3.63) is 16.1 Å². The summed E-state index contributed by atoms with van der Waals surface area (Å²) in [4.78, 5) is 11.0. The first-order chi connectivity index (χ1) is 11.6. The van der Waals surface area contributed by atoms with E-state index < -0.39 is 0 Å². The Hall–Kier alpha value is -0.410. The van der Waals surface area contributed by atoms with E-state index in [0.717, 1.165) is 48.7 Å². The van der Waals surface area contributed by atoms with Gasteiger partial charge in [0.2, 0.25) is 0 Å². The molecule has 0 bridgehead atoms. The van der Waals surface area contributed by atoms with Crippen molar-refractivity contribution in [3.8, 4) is 0 Å². The molecule has 7 heteroatoms. The summed E-state index contributed by atoms with van der Waals surface area (Å²) in [6.45, 7) is 6.62. The third kappa shape index (κ3) is 7.38. The lowest BCUT2D eigenvalue weighted by atomic mass is 9.98. The molecule has 2 rings (SSSR count). The van der Waals surface area contributed by atoms with Gasteiger partial charge in [0.15, 0.2) is 5.96 Å². The fourth-order valence-corrected chi connectivity index (χ4v) is 4.11. The fourth-order valence-electron chi connectivity index (χ4n) is 3.51. The van der Waals surface area contributed by atoms with Gasteiger partial charge in [-0.25, -0.2) is 4.98 Å².